The molecule has 0 fully saturated rings. The molecule has 1 heterocycles. The van der Waals surface area contributed by atoms with E-state index in [4.69, 9.17) is 9.84 Å². The molecule has 100 valence electrons. The molecule has 5 heteroatoms. The second-order valence-corrected chi connectivity index (χ2v) is 5.20. The van der Waals surface area contributed by atoms with Crippen molar-refractivity contribution in [1.82, 2.24) is 4.98 Å². The van der Waals surface area contributed by atoms with Gasteiger partial charge in [0.15, 0.2) is 0 Å². The molecule has 0 atom stereocenters. The Bertz CT molecular complexity index is 592. The van der Waals surface area contributed by atoms with Crippen LogP contribution in [0.15, 0.2) is 23.7 Å². The van der Waals surface area contributed by atoms with Crippen LogP contribution in [0.3, 0.4) is 0 Å². The standard InChI is InChI=1S/C14H15NO3S/c1-9-3-4-12(11(7-9)14(16)17)18-6-5-13-10(2)15-8-19-13/h3-4,7-8H,5-6H2,1-2H3,(H,16,17). The molecule has 0 unspecified atom stereocenters. The highest BCUT2D eigenvalue weighted by Crippen LogP contribution is 2.21. The molecule has 0 bridgehead atoms. The van der Waals surface area contributed by atoms with Crippen molar-refractivity contribution in [3.05, 3.63) is 45.4 Å². The maximum Gasteiger partial charge on any atom is 0.339 e. The Morgan fingerprint density at radius 1 is 1.42 bits per heavy atom. The molecule has 1 aromatic carbocycles. The van der Waals surface area contributed by atoms with E-state index in [-0.39, 0.29) is 5.56 Å². The van der Waals surface area contributed by atoms with Gasteiger partial charge in [0.2, 0.25) is 0 Å². The second-order valence-electron chi connectivity index (χ2n) is 4.26. The number of carbonyl (C=O) groups is 1. The van der Waals surface area contributed by atoms with Gasteiger partial charge in [0.25, 0.3) is 0 Å². The number of nitrogens with zero attached hydrogens (tertiary/aromatic N) is 1. The first-order chi connectivity index (χ1) is 9.08. The van der Waals surface area contributed by atoms with Gasteiger partial charge in [-0.25, -0.2) is 9.78 Å². The van der Waals surface area contributed by atoms with Crippen molar-refractivity contribution in [2.24, 2.45) is 0 Å². The molecule has 0 saturated heterocycles. The first kappa shape index (κ1) is 13.5. The average molecular weight is 277 g/mol. The zero-order valence-electron chi connectivity index (χ0n) is 10.8. The number of hydrogen-bond acceptors (Lipinski definition) is 4. The van der Waals surface area contributed by atoms with Crippen molar-refractivity contribution in [2.45, 2.75) is 20.3 Å². The van der Waals surface area contributed by atoms with Crippen LogP contribution in [0.1, 0.15) is 26.5 Å². The zero-order valence-corrected chi connectivity index (χ0v) is 11.7. The van der Waals surface area contributed by atoms with E-state index >= 15 is 0 Å². The number of aromatic carboxylic acids is 1. The van der Waals surface area contributed by atoms with Crippen molar-refractivity contribution in [3.8, 4) is 5.75 Å². The Kier molecular flexibility index (Phi) is 4.16. The minimum absolute atomic E-state index is 0.209. The van der Waals surface area contributed by atoms with Gasteiger partial charge in [0, 0.05) is 11.3 Å². The molecule has 0 aliphatic rings. The van der Waals surface area contributed by atoms with Gasteiger partial charge in [0.05, 0.1) is 17.8 Å². The quantitative estimate of drug-likeness (QED) is 0.912. The van der Waals surface area contributed by atoms with Gasteiger partial charge >= 0.3 is 5.97 Å². The number of ether oxygens (including phenoxy) is 1. The topological polar surface area (TPSA) is 59.4 Å². The van der Waals surface area contributed by atoms with E-state index in [1.165, 1.54) is 4.88 Å². The highest BCUT2D eigenvalue weighted by Gasteiger charge is 2.11. The van der Waals surface area contributed by atoms with E-state index in [1.807, 2.05) is 19.9 Å². The van der Waals surface area contributed by atoms with Gasteiger partial charge in [-0.05, 0) is 26.0 Å². The Balaban J connectivity index is 2.03. The fourth-order valence-electron chi connectivity index (χ4n) is 1.76. The molecule has 0 aliphatic carbocycles. The van der Waals surface area contributed by atoms with Crippen LogP contribution in [-0.2, 0) is 6.42 Å². The molecule has 0 aliphatic heterocycles. The smallest absolute Gasteiger partial charge is 0.339 e. The van der Waals surface area contributed by atoms with Gasteiger partial charge in [-0.3, -0.25) is 0 Å². The number of carboxylic acids is 1. The summed E-state index contributed by atoms with van der Waals surface area (Å²) in [5, 5.41) is 9.13. The van der Waals surface area contributed by atoms with Gasteiger partial charge < -0.3 is 9.84 Å². The molecule has 1 aromatic heterocycles. The minimum atomic E-state index is -0.965. The van der Waals surface area contributed by atoms with E-state index in [0.29, 0.717) is 12.4 Å². The van der Waals surface area contributed by atoms with Crippen LogP contribution in [0.25, 0.3) is 0 Å². The molecule has 1 N–H and O–H groups in total. The Labute approximate surface area is 115 Å². The van der Waals surface area contributed by atoms with Crippen molar-refractivity contribution in [2.75, 3.05) is 6.61 Å². The van der Waals surface area contributed by atoms with Crippen molar-refractivity contribution in [3.63, 3.8) is 0 Å². The fraction of sp³-hybridized carbons (Fsp3) is 0.286. The number of thiazole rings is 1. The summed E-state index contributed by atoms with van der Waals surface area (Å²) in [6.45, 7) is 4.27. The molecule has 0 spiro atoms. The van der Waals surface area contributed by atoms with Gasteiger partial charge in [-0.1, -0.05) is 11.6 Å². The Morgan fingerprint density at radius 2 is 2.21 bits per heavy atom. The number of benzene rings is 1. The van der Waals surface area contributed by atoms with Gasteiger partial charge in [0.1, 0.15) is 11.3 Å². The first-order valence-corrected chi connectivity index (χ1v) is 6.81. The zero-order chi connectivity index (χ0) is 13.8. The average Bonchev–Trinajstić information content (AvgIpc) is 2.77. The van der Waals surface area contributed by atoms with E-state index in [9.17, 15) is 4.79 Å². The van der Waals surface area contributed by atoms with Crippen LogP contribution < -0.4 is 4.74 Å². The van der Waals surface area contributed by atoms with Crippen LogP contribution in [0.4, 0.5) is 0 Å². The minimum Gasteiger partial charge on any atom is -0.492 e. The second kappa shape index (κ2) is 5.84. The number of aromatic nitrogens is 1. The molecule has 2 aromatic rings. The van der Waals surface area contributed by atoms with Crippen molar-refractivity contribution >= 4 is 17.3 Å². The van der Waals surface area contributed by atoms with Crippen LogP contribution in [0.2, 0.25) is 0 Å². The Morgan fingerprint density at radius 3 is 2.84 bits per heavy atom. The normalized spacial score (nSPS) is 10.4. The highest BCUT2D eigenvalue weighted by atomic mass is 32.1. The van der Waals surface area contributed by atoms with Crippen molar-refractivity contribution in [1.29, 1.82) is 0 Å². The van der Waals surface area contributed by atoms with Crippen LogP contribution >= 0.6 is 11.3 Å². The predicted molar refractivity (Wildman–Crippen MR) is 74.2 cm³/mol. The molecule has 2 rings (SSSR count). The summed E-state index contributed by atoms with van der Waals surface area (Å²) >= 11 is 1.59. The highest BCUT2D eigenvalue weighted by molar-refractivity contribution is 7.09. The SMILES string of the molecule is Cc1ccc(OCCc2scnc2C)c(C(=O)O)c1. The van der Waals surface area contributed by atoms with E-state index in [1.54, 1.807) is 29.0 Å². The summed E-state index contributed by atoms with van der Waals surface area (Å²) in [6.07, 6.45) is 0.740. The fourth-order valence-corrected chi connectivity index (χ4v) is 2.52. The summed E-state index contributed by atoms with van der Waals surface area (Å²) in [5.74, 6) is -0.548. The van der Waals surface area contributed by atoms with Crippen LogP contribution in [0.5, 0.6) is 5.75 Å². The Hall–Kier alpha value is -1.88. The molecule has 4 nitrogen and oxygen atoms in total. The van der Waals surface area contributed by atoms with E-state index in [2.05, 4.69) is 4.98 Å². The lowest BCUT2D eigenvalue weighted by molar-refractivity contribution is 0.0692. The number of rotatable bonds is 5. The molecular formula is C14H15NO3S. The molecule has 0 amide bonds. The third-order valence-electron chi connectivity index (χ3n) is 2.80. The monoisotopic (exact) mass is 277 g/mol. The summed E-state index contributed by atoms with van der Waals surface area (Å²) in [6, 6.07) is 5.17. The lowest BCUT2D eigenvalue weighted by Gasteiger charge is -2.09. The summed E-state index contributed by atoms with van der Waals surface area (Å²) in [5.41, 5.74) is 3.93. The summed E-state index contributed by atoms with van der Waals surface area (Å²) in [7, 11) is 0. The van der Waals surface area contributed by atoms with E-state index in [0.717, 1.165) is 17.7 Å². The third kappa shape index (κ3) is 3.32. The lowest BCUT2D eigenvalue weighted by Crippen LogP contribution is -2.06. The molecule has 19 heavy (non-hydrogen) atoms. The van der Waals surface area contributed by atoms with Gasteiger partial charge in [-0.2, -0.15) is 0 Å². The molecular weight excluding hydrogens is 262 g/mol. The molecule has 0 radical (unpaired) electrons. The van der Waals surface area contributed by atoms with Crippen LogP contribution in [0, 0.1) is 13.8 Å². The number of carboxylic acid groups (broad SMARTS) is 1. The maximum atomic E-state index is 11.1. The van der Waals surface area contributed by atoms with Crippen molar-refractivity contribution < 1.29 is 14.6 Å². The summed E-state index contributed by atoms with van der Waals surface area (Å²) in [4.78, 5) is 16.5. The van der Waals surface area contributed by atoms with Crippen LogP contribution in [-0.4, -0.2) is 22.7 Å². The summed E-state index contributed by atoms with van der Waals surface area (Å²) < 4.78 is 5.58. The number of aryl methyl sites for hydroxylation is 2. The maximum absolute atomic E-state index is 11.1. The third-order valence-corrected chi connectivity index (χ3v) is 3.79. The number of hydrogen-bond donors (Lipinski definition) is 1. The van der Waals surface area contributed by atoms with Gasteiger partial charge in [-0.15, -0.1) is 11.3 Å². The first-order valence-electron chi connectivity index (χ1n) is 5.93. The predicted octanol–water partition coefficient (Wildman–Crippen LogP) is 3.08. The largest absolute Gasteiger partial charge is 0.492 e. The molecule has 0 saturated carbocycles. The lowest BCUT2D eigenvalue weighted by atomic mass is 10.1. The van der Waals surface area contributed by atoms with E-state index < -0.39 is 5.97 Å².